The molecule has 1 aliphatic carbocycles. The van der Waals surface area contributed by atoms with Gasteiger partial charge in [0.1, 0.15) is 0 Å². The molecule has 0 aromatic heterocycles. The highest BCUT2D eigenvalue weighted by Crippen LogP contribution is 2.27. The number of hydrogen-bond acceptors (Lipinski definition) is 2. The summed E-state index contributed by atoms with van der Waals surface area (Å²) in [6.07, 6.45) is 4.64. The van der Waals surface area contributed by atoms with Gasteiger partial charge in [0.05, 0.1) is 12.0 Å². The molecule has 0 bridgehead atoms. The first-order valence-electron chi connectivity index (χ1n) is 7.38. The van der Waals surface area contributed by atoms with Gasteiger partial charge < -0.3 is 16.8 Å². The van der Waals surface area contributed by atoms with Gasteiger partial charge in [0, 0.05) is 5.69 Å². The molecule has 0 atom stereocenters. The fraction of sp³-hybridized carbons (Fsp3) is 0.500. The van der Waals surface area contributed by atoms with Crippen LogP contribution in [-0.2, 0) is 17.6 Å². The zero-order valence-corrected chi connectivity index (χ0v) is 12.8. The average Bonchev–Trinajstić information content (AvgIpc) is 2.45. The summed E-state index contributed by atoms with van der Waals surface area (Å²) in [5, 5.41) is 3.16. The molecule has 0 heterocycles. The van der Waals surface area contributed by atoms with Gasteiger partial charge in [-0.15, -0.1) is 0 Å². The van der Waals surface area contributed by atoms with Crippen LogP contribution in [-0.4, -0.2) is 18.4 Å². The summed E-state index contributed by atoms with van der Waals surface area (Å²) in [5.74, 6) is -0.0561. The number of amides is 1. The Bertz CT molecular complexity index is 563. The molecular weight excluding hydrogens is 264 g/mol. The lowest BCUT2D eigenvalue weighted by Gasteiger charge is -2.21. The molecular formula is C16H24N4O. The second-order valence-electron chi connectivity index (χ2n) is 6.22. The number of hydrogen-bond donors (Lipinski definition) is 3. The van der Waals surface area contributed by atoms with Crippen LogP contribution in [0.15, 0.2) is 23.2 Å². The lowest BCUT2D eigenvalue weighted by atomic mass is 9.90. The van der Waals surface area contributed by atoms with Crippen LogP contribution >= 0.6 is 0 Å². The second-order valence-corrected chi connectivity index (χ2v) is 6.22. The molecule has 1 aromatic carbocycles. The predicted molar refractivity (Wildman–Crippen MR) is 86.2 cm³/mol. The summed E-state index contributed by atoms with van der Waals surface area (Å²) in [7, 11) is 0. The Balaban J connectivity index is 2.10. The number of nitrogens with zero attached hydrogens (tertiary/aromatic N) is 1. The largest absolute Gasteiger partial charge is 0.370 e. The minimum absolute atomic E-state index is 0.274. The third kappa shape index (κ3) is 3.74. The molecule has 0 saturated carbocycles. The fourth-order valence-electron chi connectivity index (χ4n) is 2.44. The minimum Gasteiger partial charge on any atom is -0.370 e. The van der Waals surface area contributed by atoms with Gasteiger partial charge in [-0.25, -0.2) is 0 Å². The number of anilines is 1. The van der Waals surface area contributed by atoms with Crippen molar-refractivity contribution in [2.75, 3.05) is 11.9 Å². The number of carbonyl (C=O) groups is 1. The van der Waals surface area contributed by atoms with Crippen LogP contribution in [0.4, 0.5) is 5.69 Å². The first-order valence-corrected chi connectivity index (χ1v) is 7.38. The standard InChI is InChI=1S/C16H24N4O/c1-16(2,14(17)21)10-19-15(18)20-13-9-5-7-11-6-3-4-8-12(11)13/h5,7,9H,3-4,6,8,10H2,1-2H3,(H2,17,21)(H3,18,19,20). The normalized spacial score (nSPS) is 15.4. The number of nitrogens with two attached hydrogens (primary N) is 2. The maximum absolute atomic E-state index is 11.3. The molecule has 1 aromatic rings. The van der Waals surface area contributed by atoms with Gasteiger partial charge in [-0.05, 0) is 56.7 Å². The third-order valence-electron chi connectivity index (χ3n) is 3.97. The van der Waals surface area contributed by atoms with Gasteiger partial charge in [-0.2, -0.15) is 0 Å². The molecule has 2 rings (SSSR count). The van der Waals surface area contributed by atoms with Crippen molar-refractivity contribution in [1.29, 1.82) is 0 Å². The maximum atomic E-state index is 11.3. The SMILES string of the molecule is CC(C)(CN=C(N)Nc1cccc2c1CCCC2)C(N)=O. The van der Waals surface area contributed by atoms with E-state index in [4.69, 9.17) is 11.5 Å². The quantitative estimate of drug-likeness (QED) is 0.582. The third-order valence-corrected chi connectivity index (χ3v) is 3.97. The Morgan fingerprint density at radius 3 is 2.71 bits per heavy atom. The molecule has 1 aliphatic rings. The number of fused-ring (bicyclic) bond motifs is 1. The number of benzene rings is 1. The van der Waals surface area contributed by atoms with Gasteiger partial charge in [-0.3, -0.25) is 9.79 Å². The molecule has 0 aliphatic heterocycles. The predicted octanol–water partition coefficient (Wildman–Crippen LogP) is 1.80. The van der Waals surface area contributed by atoms with Crippen LogP contribution in [0.3, 0.4) is 0 Å². The topological polar surface area (TPSA) is 93.5 Å². The van der Waals surface area contributed by atoms with E-state index in [0.29, 0.717) is 5.96 Å². The first-order chi connectivity index (χ1) is 9.90. The molecule has 0 spiro atoms. The summed E-state index contributed by atoms with van der Waals surface area (Å²) in [5.41, 5.74) is 14.3. The van der Waals surface area contributed by atoms with E-state index in [9.17, 15) is 4.79 Å². The van der Waals surface area contributed by atoms with Crippen LogP contribution < -0.4 is 16.8 Å². The number of rotatable bonds is 4. The lowest BCUT2D eigenvalue weighted by Crippen LogP contribution is -2.35. The van der Waals surface area contributed by atoms with E-state index < -0.39 is 5.41 Å². The van der Waals surface area contributed by atoms with Crippen molar-refractivity contribution in [3.05, 3.63) is 29.3 Å². The van der Waals surface area contributed by atoms with Gasteiger partial charge in [0.15, 0.2) is 5.96 Å². The summed E-state index contributed by atoms with van der Waals surface area (Å²) in [4.78, 5) is 15.5. The Kier molecular flexibility index (Phi) is 4.50. The molecule has 0 unspecified atom stereocenters. The molecule has 114 valence electrons. The van der Waals surface area contributed by atoms with Crippen molar-refractivity contribution in [2.24, 2.45) is 21.9 Å². The van der Waals surface area contributed by atoms with Crippen LogP contribution in [0.5, 0.6) is 0 Å². The Labute approximate surface area is 125 Å². The summed E-state index contributed by atoms with van der Waals surface area (Å²) in [6, 6.07) is 6.22. The van der Waals surface area contributed by atoms with E-state index >= 15 is 0 Å². The maximum Gasteiger partial charge on any atom is 0.224 e. The molecule has 5 heteroatoms. The van der Waals surface area contributed by atoms with Crippen molar-refractivity contribution in [3.63, 3.8) is 0 Å². The summed E-state index contributed by atoms with van der Waals surface area (Å²) < 4.78 is 0. The monoisotopic (exact) mass is 288 g/mol. The highest BCUT2D eigenvalue weighted by Gasteiger charge is 2.24. The van der Waals surface area contributed by atoms with Crippen molar-refractivity contribution in [2.45, 2.75) is 39.5 Å². The second kappa shape index (κ2) is 6.16. The van der Waals surface area contributed by atoms with Crippen LogP contribution in [0.2, 0.25) is 0 Å². The number of aryl methyl sites for hydroxylation is 1. The summed E-state index contributed by atoms with van der Waals surface area (Å²) >= 11 is 0. The van der Waals surface area contributed by atoms with E-state index in [1.54, 1.807) is 13.8 Å². The average molecular weight is 288 g/mol. The van der Waals surface area contributed by atoms with Gasteiger partial charge in [0.2, 0.25) is 5.91 Å². The van der Waals surface area contributed by atoms with E-state index in [1.807, 2.05) is 12.1 Å². The molecule has 21 heavy (non-hydrogen) atoms. The summed E-state index contributed by atoms with van der Waals surface area (Å²) in [6.45, 7) is 3.79. The van der Waals surface area contributed by atoms with Crippen molar-refractivity contribution in [3.8, 4) is 0 Å². The Hall–Kier alpha value is -2.04. The highest BCUT2D eigenvalue weighted by molar-refractivity contribution is 5.93. The molecule has 1 amide bonds. The molecule has 0 saturated heterocycles. The number of nitrogens with one attached hydrogen (secondary N) is 1. The van der Waals surface area contributed by atoms with Crippen molar-refractivity contribution < 1.29 is 4.79 Å². The number of primary amides is 1. The van der Waals surface area contributed by atoms with Gasteiger partial charge in [0.25, 0.3) is 0 Å². The van der Waals surface area contributed by atoms with Crippen molar-refractivity contribution >= 4 is 17.6 Å². The molecule has 5 nitrogen and oxygen atoms in total. The first kappa shape index (κ1) is 15.4. The smallest absolute Gasteiger partial charge is 0.224 e. The number of carbonyl (C=O) groups excluding carboxylic acids is 1. The minimum atomic E-state index is -0.692. The highest BCUT2D eigenvalue weighted by atomic mass is 16.1. The van der Waals surface area contributed by atoms with Gasteiger partial charge in [-0.1, -0.05) is 12.1 Å². The van der Waals surface area contributed by atoms with E-state index in [0.717, 1.165) is 18.5 Å². The molecule has 0 fully saturated rings. The number of aliphatic imine (C=N–C) groups is 1. The number of guanidine groups is 1. The van der Waals surface area contributed by atoms with Crippen LogP contribution in [0.1, 0.15) is 37.8 Å². The van der Waals surface area contributed by atoms with Crippen LogP contribution in [0.25, 0.3) is 0 Å². The van der Waals surface area contributed by atoms with E-state index in [1.165, 1.54) is 24.0 Å². The zero-order valence-electron chi connectivity index (χ0n) is 12.8. The van der Waals surface area contributed by atoms with Crippen molar-refractivity contribution in [1.82, 2.24) is 0 Å². The van der Waals surface area contributed by atoms with E-state index in [-0.39, 0.29) is 12.5 Å². The Morgan fingerprint density at radius 2 is 2.00 bits per heavy atom. The van der Waals surface area contributed by atoms with Crippen LogP contribution in [0, 0.1) is 5.41 Å². The van der Waals surface area contributed by atoms with Gasteiger partial charge >= 0.3 is 0 Å². The Morgan fingerprint density at radius 1 is 1.29 bits per heavy atom. The zero-order chi connectivity index (χ0) is 15.5. The molecule has 0 radical (unpaired) electrons. The fourth-order valence-corrected chi connectivity index (χ4v) is 2.44. The molecule has 5 N–H and O–H groups in total. The van der Waals surface area contributed by atoms with E-state index in [2.05, 4.69) is 16.4 Å². The lowest BCUT2D eigenvalue weighted by molar-refractivity contribution is -0.125.